The Bertz CT molecular complexity index is 609. The molecule has 1 aromatic rings. The highest BCUT2D eigenvalue weighted by molar-refractivity contribution is 5.68. The molecule has 0 radical (unpaired) electrons. The molecular weight excluding hydrogens is 293 g/mol. The Morgan fingerprint density at radius 2 is 2.14 bits per heavy atom. The third-order valence-corrected chi connectivity index (χ3v) is 2.40. The second-order valence-corrected chi connectivity index (χ2v) is 5.47. The molecule has 0 aromatic heterocycles. The second-order valence-electron chi connectivity index (χ2n) is 5.47. The number of halogens is 1. The predicted octanol–water partition coefficient (Wildman–Crippen LogP) is 2.85. The summed E-state index contributed by atoms with van der Waals surface area (Å²) in [4.78, 5) is 21.4. The lowest BCUT2D eigenvalue weighted by atomic mass is 10.1. The first-order chi connectivity index (χ1) is 10.1. The molecule has 22 heavy (non-hydrogen) atoms. The van der Waals surface area contributed by atoms with Gasteiger partial charge in [-0.05, 0) is 20.8 Å². The fraction of sp³-hybridized carbons (Fsp3) is 0.357. The van der Waals surface area contributed by atoms with E-state index in [2.05, 4.69) is 5.32 Å². The van der Waals surface area contributed by atoms with Crippen LogP contribution in [-0.2, 0) is 4.74 Å². The molecule has 8 heteroatoms. The van der Waals surface area contributed by atoms with Gasteiger partial charge >= 0.3 is 6.09 Å². The largest absolute Gasteiger partial charge is 0.444 e. The Labute approximate surface area is 127 Å². The van der Waals surface area contributed by atoms with Gasteiger partial charge in [-0.2, -0.15) is 0 Å². The number of nitrogen functional groups attached to an aromatic ring is 1. The average molecular weight is 311 g/mol. The van der Waals surface area contributed by atoms with Gasteiger partial charge in [0.2, 0.25) is 0 Å². The smallest absolute Gasteiger partial charge is 0.407 e. The number of hydrogen-bond acceptors (Lipinski definition) is 5. The Kier molecular flexibility index (Phi) is 5.44. The SMILES string of the molecule is CC(C)(C)OC(=O)NCC=Cc1cc([N+](=O)[O-])c(N)cc1F. The van der Waals surface area contributed by atoms with Crippen LogP contribution in [0.25, 0.3) is 6.08 Å². The van der Waals surface area contributed by atoms with E-state index < -0.39 is 22.4 Å². The van der Waals surface area contributed by atoms with Crippen molar-refractivity contribution in [3.05, 3.63) is 39.7 Å². The van der Waals surface area contributed by atoms with Crippen LogP contribution >= 0.6 is 0 Å². The van der Waals surface area contributed by atoms with Crippen molar-refractivity contribution in [3.8, 4) is 0 Å². The van der Waals surface area contributed by atoms with E-state index in [1.165, 1.54) is 12.2 Å². The first kappa shape index (κ1) is 17.4. The van der Waals surface area contributed by atoms with E-state index in [1.807, 2.05) is 0 Å². The molecule has 0 bridgehead atoms. The molecule has 0 fully saturated rings. The van der Waals surface area contributed by atoms with E-state index in [0.29, 0.717) is 0 Å². The summed E-state index contributed by atoms with van der Waals surface area (Å²) in [7, 11) is 0. The Hall–Kier alpha value is -2.64. The minimum atomic E-state index is -0.689. The number of nitrogens with zero attached hydrogens (tertiary/aromatic N) is 1. The van der Waals surface area contributed by atoms with E-state index >= 15 is 0 Å². The van der Waals surface area contributed by atoms with Gasteiger partial charge in [-0.1, -0.05) is 12.2 Å². The normalized spacial score (nSPS) is 11.5. The molecule has 1 aromatic carbocycles. The van der Waals surface area contributed by atoms with Gasteiger partial charge < -0.3 is 15.8 Å². The molecule has 120 valence electrons. The number of amides is 1. The lowest BCUT2D eigenvalue weighted by molar-refractivity contribution is -0.384. The van der Waals surface area contributed by atoms with Crippen molar-refractivity contribution in [2.24, 2.45) is 0 Å². The molecule has 0 saturated carbocycles. The minimum absolute atomic E-state index is 0.00638. The molecule has 1 rings (SSSR count). The average Bonchev–Trinajstić information content (AvgIpc) is 2.33. The van der Waals surface area contributed by atoms with Gasteiger partial charge in [0.1, 0.15) is 17.1 Å². The van der Waals surface area contributed by atoms with Crippen molar-refractivity contribution < 1.29 is 18.8 Å². The number of rotatable bonds is 4. The van der Waals surface area contributed by atoms with E-state index in [4.69, 9.17) is 10.5 Å². The van der Waals surface area contributed by atoms with Crippen LogP contribution in [0.5, 0.6) is 0 Å². The number of ether oxygens (including phenoxy) is 1. The molecular formula is C14H18FN3O4. The standard InChI is InChI=1S/C14H18FN3O4/c1-14(2,3)22-13(19)17-6-4-5-9-7-12(18(20)21)11(16)8-10(9)15/h4-5,7-8H,6,16H2,1-3H3,(H,17,19). The predicted molar refractivity (Wildman–Crippen MR) is 80.7 cm³/mol. The quantitative estimate of drug-likeness (QED) is 0.505. The second kappa shape index (κ2) is 6.88. The van der Waals surface area contributed by atoms with Gasteiger partial charge in [0, 0.05) is 24.2 Å². The molecule has 0 heterocycles. The molecule has 0 atom stereocenters. The van der Waals surface area contributed by atoms with Crippen LogP contribution in [0, 0.1) is 15.9 Å². The van der Waals surface area contributed by atoms with Crippen LogP contribution in [0.3, 0.4) is 0 Å². The third-order valence-electron chi connectivity index (χ3n) is 2.40. The Morgan fingerprint density at radius 1 is 1.50 bits per heavy atom. The number of nitro benzene ring substituents is 1. The van der Waals surface area contributed by atoms with Gasteiger partial charge in [0.05, 0.1) is 4.92 Å². The Balaban J connectivity index is 2.69. The molecule has 0 aliphatic heterocycles. The minimum Gasteiger partial charge on any atom is -0.444 e. The van der Waals surface area contributed by atoms with Crippen LogP contribution in [0.4, 0.5) is 20.6 Å². The lowest BCUT2D eigenvalue weighted by Gasteiger charge is -2.19. The number of carbonyl (C=O) groups is 1. The van der Waals surface area contributed by atoms with Crippen molar-refractivity contribution >= 4 is 23.5 Å². The summed E-state index contributed by atoms with van der Waals surface area (Å²) in [5, 5.41) is 13.2. The number of carbonyl (C=O) groups excluding carboxylic acids is 1. The van der Waals surface area contributed by atoms with Crippen molar-refractivity contribution in [3.63, 3.8) is 0 Å². The van der Waals surface area contributed by atoms with Gasteiger partial charge in [-0.25, -0.2) is 9.18 Å². The van der Waals surface area contributed by atoms with E-state index in [-0.39, 0.29) is 23.5 Å². The molecule has 3 N–H and O–H groups in total. The molecule has 1 amide bonds. The summed E-state index contributed by atoms with van der Waals surface area (Å²) in [6, 6.07) is 1.92. The molecule has 0 spiro atoms. The summed E-state index contributed by atoms with van der Waals surface area (Å²) >= 11 is 0. The maximum atomic E-state index is 13.6. The third kappa shape index (κ3) is 5.39. The number of nitrogens with one attached hydrogen (secondary N) is 1. The molecule has 0 aliphatic carbocycles. The maximum Gasteiger partial charge on any atom is 0.407 e. The molecule has 0 saturated heterocycles. The van der Waals surface area contributed by atoms with Crippen molar-refractivity contribution in [1.82, 2.24) is 5.32 Å². The zero-order chi connectivity index (χ0) is 16.9. The maximum absolute atomic E-state index is 13.6. The van der Waals surface area contributed by atoms with Gasteiger partial charge in [-0.15, -0.1) is 0 Å². The van der Waals surface area contributed by atoms with Crippen LogP contribution < -0.4 is 11.1 Å². The summed E-state index contributed by atoms with van der Waals surface area (Å²) in [5.41, 5.74) is 4.14. The number of anilines is 1. The van der Waals surface area contributed by atoms with Crippen molar-refractivity contribution in [1.29, 1.82) is 0 Å². The van der Waals surface area contributed by atoms with Crippen molar-refractivity contribution in [2.45, 2.75) is 26.4 Å². The fourth-order valence-corrected chi connectivity index (χ4v) is 1.52. The zero-order valence-electron chi connectivity index (χ0n) is 12.6. The monoisotopic (exact) mass is 311 g/mol. The number of benzene rings is 1. The number of alkyl carbamates (subject to hydrolysis) is 1. The van der Waals surface area contributed by atoms with Crippen LogP contribution in [-0.4, -0.2) is 23.2 Å². The van der Waals surface area contributed by atoms with Gasteiger partial charge in [0.15, 0.2) is 0 Å². The fourth-order valence-electron chi connectivity index (χ4n) is 1.52. The van der Waals surface area contributed by atoms with Gasteiger partial charge in [0.25, 0.3) is 5.69 Å². The van der Waals surface area contributed by atoms with Crippen LogP contribution in [0.1, 0.15) is 26.3 Å². The number of nitro groups is 1. The first-order valence-electron chi connectivity index (χ1n) is 6.47. The number of hydrogen-bond donors (Lipinski definition) is 2. The van der Waals surface area contributed by atoms with E-state index in [1.54, 1.807) is 20.8 Å². The highest BCUT2D eigenvalue weighted by Gasteiger charge is 2.16. The highest BCUT2D eigenvalue weighted by atomic mass is 19.1. The summed E-state index contributed by atoms with van der Waals surface area (Å²) < 4.78 is 18.7. The highest BCUT2D eigenvalue weighted by Crippen LogP contribution is 2.25. The number of nitrogens with two attached hydrogens (primary N) is 1. The van der Waals surface area contributed by atoms with E-state index in [9.17, 15) is 19.3 Å². The van der Waals surface area contributed by atoms with Crippen LogP contribution in [0.15, 0.2) is 18.2 Å². The lowest BCUT2D eigenvalue weighted by Crippen LogP contribution is -2.32. The van der Waals surface area contributed by atoms with Gasteiger partial charge in [-0.3, -0.25) is 10.1 Å². The molecule has 0 unspecified atom stereocenters. The summed E-state index contributed by atoms with van der Waals surface area (Å²) in [6.45, 7) is 5.27. The Morgan fingerprint density at radius 3 is 2.68 bits per heavy atom. The summed E-state index contributed by atoms with van der Waals surface area (Å²) in [6.07, 6.45) is 2.15. The molecule has 7 nitrogen and oxygen atoms in total. The van der Waals surface area contributed by atoms with Crippen molar-refractivity contribution in [2.75, 3.05) is 12.3 Å². The first-order valence-corrected chi connectivity index (χ1v) is 6.47. The van der Waals surface area contributed by atoms with Crippen LogP contribution in [0.2, 0.25) is 0 Å². The van der Waals surface area contributed by atoms with E-state index in [0.717, 1.165) is 12.1 Å². The zero-order valence-corrected chi connectivity index (χ0v) is 12.6. The molecule has 0 aliphatic rings. The summed E-state index contributed by atoms with van der Waals surface area (Å²) in [5.74, 6) is -0.684. The topological polar surface area (TPSA) is 107 Å².